The van der Waals surface area contributed by atoms with Crippen LogP contribution in [0.25, 0.3) is 10.8 Å². The number of nitrogens with zero attached hydrogens (tertiary/aromatic N) is 3. The minimum absolute atomic E-state index is 0.242. The highest BCUT2D eigenvalue weighted by atomic mass is 16.5. The summed E-state index contributed by atoms with van der Waals surface area (Å²) in [5.41, 5.74) is 8.58. The van der Waals surface area contributed by atoms with Crippen LogP contribution in [0.1, 0.15) is 48.2 Å². The number of benzene rings is 4. The number of hydrogen-bond donors (Lipinski definition) is 2. The Bertz CT molecular complexity index is 1600. The van der Waals surface area contributed by atoms with Crippen molar-refractivity contribution in [2.75, 3.05) is 7.11 Å². The highest BCUT2D eigenvalue weighted by Crippen LogP contribution is 2.24. The maximum atomic E-state index is 13.2. The first-order valence-corrected chi connectivity index (χ1v) is 14.0. The second-order valence-corrected chi connectivity index (χ2v) is 11.0. The first-order valence-electron chi connectivity index (χ1n) is 14.0. The summed E-state index contributed by atoms with van der Waals surface area (Å²) in [5, 5.41) is 14.9. The van der Waals surface area contributed by atoms with Crippen molar-refractivity contribution in [3.05, 3.63) is 125 Å². The molecule has 5 rings (SSSR count). The van der Waals surface area contributed by atoms with Crippen LogP contribution in [0.5, 0.6) is 5.75 Å². The molecule has 0 bridgehead atoms. The van der Waals surface area contributed by atoms with Crippen molar-refractivity contribution in [2.45, 2.75) is 51.2 Å². The van der Waals surface area contributed by atoms with Crippen molar-refractivity contribution in [2.24, 2.45) is 5.73 Å². The molecule has 210 valence electrons. The Morgan fingerprint density at radius 3 is 2.24 bits per heavy atom. The van der Waals surface area contributed by atoms with Gasteiger partial charge < -0.3 is 20.4 Å². The molecule has 3 N–H and O–H groups in total. The minimum atomic E-state index is -1.04. The lowest BCUT2D eigenvalue weighted by molar-refractivity contribution is -0.126. The normalized spacial score (nSPS) is 12.3. The van der Waals surface area contributed by atoms with Crippen molar-refractivity contribution in [3.63, 3.8) is 0 Å². The summed E-state index contributed by atoms with van der Waals surface area (Å²) in [5.74, 6) is 2.13. The topological polar surface area (TPSA) is 95.1 Å². The fraction of sp³-hybridized carbons (Fsp3) is 0.265. The zero-order valence-corrected chi connectivity index (χ0v) is 23.9. The largest absolute Gasteiger partial charge is 0.497 e. The van der Waals surface area contributed by atoms with Gasteiger partial charge in [0.15, 0.2) is 5.82 Å². The quantitative estimate of drug-likeness (QED) is 0.231. The average Bonchev–Trinajstić information content (AvgIpc) is 3.38. The van der Waals surface area contributed by atoms with Gasteiger partial charge in [-0.2, -0.15) is 0 Å². The van der Waals surface area contributed by atoms with Crippen LogP contribution in [0.15, 0.2) is 97.1 Å². The van der Waals surface area contributed by atoms with Gasteiger partial charge in [0.1, 0.15) is 11.6 Å². The molecule has 1 unspecified atom stereocenters. The maximum absolute atomic E-state index is 13.2. The highest BCUT2D eigenvalue weighted by molar-refractivity contribution is 5.85. The monoisotopic (exact) mass is 547 g/mol. The molecule has 5 aromatic rings. The molecule has 1 atom stereocenters. The van der Waals surface area contributed by atoms with Crippen LogP contribution in [-0.4, -0.2) is 33.3 Å². The predicted octanol–water partition coefficient (Wildman–Crippen LogP) is 5.41. The van der Waals surface area contributed by atoms with Gasteiger partial charge in [-0.25, -0.2) is 0 Å². The molecule has 1 aromatic heterocycles. The van der Waals surface area contributed by atoms with Gasteiger partial charge in [0.05, 0.1) is 25.2 Å². The van der Waals surface area contributed by atoms with Crippen LogP contribution in [0.4, 0.5) is 0 Å². The standard InChI is InChI=1S/C34H37N5O2/c1-34(2,35)33(40)36-30(22-26-13-17-27-11-7-8-12-28(27)21-26)32-38-37-31(20-16-24-9-5-4-6-10-24)39(32)23-25-14-18-29(41-3)19-15-25/h4-15,17-19,21,30H,16,20,22-23,35H2,1-3H3,(H,36,40). The van der Waals surface area contributed by atoms with Crippen LogP contribution in [0.3, 0.4) is 0 Å². The number of ether oxygens (including phenoxy) is 1. The number of carbonyl (C=O) groups excluding carboxylic acids is 1. The number of hydrogen-bond acceptors (Lipinski definition) is 5. The number of rotatable bonds is 11. The van der Waals surface area contributed by atoms with Gasteiger partial charge in [0.25, 0.3) is 0 Å². The molecule has 0 aliphatic heterocycles. The van der Waals surface area contributed by atoms with Crippen LogP contribution in [0, 0.1) is 0 Å². The Kier molecular flexibility index (Phi) is 8.45. The van der Waals surface area contributed by atoms with E-state index in [1.54, 1.807) is 21.0 Å². The van der Waals surface area contributed by atoms with Crippen LogP contribution < -0.4 is 15.8 Å². The lowest BCUT2D eigenvalue weighted by Crippen LogP contribution is -2.50. The van der Waals surface area contributed by atoms with Gasteiger partial charge >= 0.3 is 0 Å². The first-order chi connectivity index (χ1) is 19.8. The first kappa shape index (κ1) is 28.1. The summed E-state index contributed by atoms with van der Waals surface area (Å²) in [6, 6.07) is 32.6. The van der Waals surface area contributed by atoms with Gasteiger partial charge in [-0.3, -0.25) is 4.79 Å². The molecule has 0 aliphatic rings. The van der Waals surface area contributed by atoms with E-state index < -0.39 is 11.6 Å². The van der Waals surface area contributed by atoms with E-state index in [-0.39, 0.29) is 5.91 Å². The second-order valence-electron chi connectivity index (χ2n) is 11.0. The maximum Gasteiger partial charge on any atom is 0.240 e. The number of fused-ring (bicyclic) bond motifs is 1. The van der Waals surface area contributed by atoms with E-state index in [2.05, 4.69) is 62.5 Å². The number of amides is 1. The van der Waals surface area contributed by atoms with E-state index in [0.29, 0.717) is 25.2 Å². The Balaban J connectivity index is 1.52. The Labute approximate surface area is 241 Å². The molecule has 0 radical (unpaired) electrons. The molecule has 0 saturated carbocycles. The van der Waals surface area contributed by atoms with E-state index in [4.69, 9.17) is 10.5 Å². The molecule has 1 amide bonds. The summed E-state index contributed by atoms with van der Waals surface area (Å²) in [6.45, 7) is 3.98. The fourth-order valence-electron chi connectivity index (χ4n) is 4.93. The van der Waals surface area contributed by atoms with Gasteiger partial charge in [0, 0.05) is 6.42 Å². The van der Waals surface area contributed by atoms with Crippen molar-refractivity contribution in [3.8, 4) is 5.75 Å². The molecule has 7 heteroatoms. The van der Waals surface area contributed by atoms with E-state index in [0.717, 1.165) is 34.5 Å². The lowest BCUT2D eigenvalue weighted by atomic mass is 9.99. The zero-order valence-electron chi connectivity index (χ0n) is 23.9. The van der Waals surface area contributed by atoms with Crippen molar-refractivity contribution >= 4 is 16.7 Å². The summed E-state index contributed by atoms with van der Waals surface area (Å²) < 4.78 is 7.50. The lowest BCUT2D eigenvalue weighted by Gasteiger charge is -2.25. The summed E-state index contributed by atoms with van der Waals surface area (Å²) in [4.78, 5) is 13.2. The van der Waals surface area contributed by atoms with Gasteiger partial charge in [-0.05, 0) is 66.3 Å². The SMILES string of the molecule is COc1ccc(Cn2c(CCc3ccccc3)nnc2C(Cc2ccc3ccccc3c2)NC(=O)C(C)(C)N)cc1. The Morgan fingerprint density at radius 2 is 1.54 bits per heavy atom. The zero-order chi connectivity index (χ0) is 28.8. The number of carbonyl (C=O) groups is 1. The second kappa shape index (κ2) is 12.4. The summed E-state index contributed by atoms with van der Waals surface area (Å²) in [7, 11) is 1.66. The number of nitrogens with two attached hydrogens (primary N) is 1. The molecule has 41 heavy (non-hydrogen) atoms. The molecule has 0 aliphatic carbocycles. The molecular weight excluding hydrogens is 510 g/mol. The summed E-state index contributed by atoms with van der Waals surface area (Å²) in [6.07, 6.45) is 2.09. The van der Waals surface area contributed by atoms with Gasteiger partial charge in [-0.15, -0.1) is 10.2 Å². The van der Waals surface area contributed by atoms with Crippen molar-refractivity contribution in [1.82, 2.24) is 20.1 Å². The molecular formula is C34H37N5O2. The molecule has 0 fully saturated rings. The molecule has 1 heterocycles. The number of aryl methyl sites for hydroxylation is 2. The summed E-state index contributed by atoms with van der Waals surface area (Å²) >= 11 is 0. The van der Waals surface area contributed by atoms with E-state index >= 15 is 0 Å². The number of aromatic nitrogens is 3. The van der Waals surface area contributed by atoms with E-state index in [9.17, 15) is 4.79 Å². The Morgan fingerprint density at radius 1 is 0.854 bits per heavy atom. The number of methoxy groups -OCH3 is 1. The molecule has 0 spiro atoms. The van der Waals surface area contributed by atoms with Crippen LogP contribution in [-0.2, 0) is 30.6 Å². The third kappa shape index (κ3) is 6.99. The van der Waals surface area contributed by atoms with Gasteiger partial charge in [0.2, 0.25) is 5.91 Å². The van der Waals surface area contributed by atoms with E-state index in [1.165, 1.54) is 10.9 Å². The molecule has 0 saturated heterocycles. The van der Waals surface area contributed by atoms with E-state index in [1.807, 2.05) is 54.6 Å². The molecule has 7 nitrogen and oxygen atoms in total. The van der Waals surface area contributed by atoms with Crippen molar-refractivity contribution in [1.29, 1.82) is 0 Å². The smallest absolute Gasteiger partial charge is 0.240 e. The average molecular weight is 548 g/mol. The third-order valence-corrected chi connectivity index (χ3v) is 7.29. The van der Waals surface area contributed by atoms with Crippen LogP contribution >= 0.6 is 0 Å². The predicted molar refractivity (Wildman–Crippen MR) is 163 cm³/mol. The Hall–Kier alpha value is -4.49. The highest BCUT2D eigenvalue weighted by Gasteiger charge is 2.29. The van der Waals surface area contributed by atoms with Crippen molar-refractivity contribution < 1.29 is 9.53 Å². The molecule has 4 aromatic carbocycles. The third-order valence-electron chi connectivity index (χ3n) is 7.29. The number of nitrogens with one attached hydrogen (secondary N) is 1. The minimum Gasteiger partial charge on any atom is -0.497 e. The fourth-order valence-corrected chi connectivity index (χ4v) is 4.93. The van der Waals surface area contributed by atoms with Gasteiger partial charge in [-0.1, -0.05) is 84.9 Å². The van der Waals surface area contributed by atoms with Crippen LogP contribution in [0.2, 0.25) is 0 Å².